The number of thioether (sulfide) groups is 1. The monoisotopic (exact) mass is 443 g/mol. The van der Waals surface area contributed by atoms with Gasteiger partial charge in [-0.15, -0.1) is 23.1 Å². The highest BCUT2D eigenvalue weighted by Gasteiger charge is 2.23. The van der Waals surface area contributed by atoms with Crippen LogP contribution in [0.2, 0.25) is 0 Å². The largest absolute Gasteiger partial charge is 0.379 e. The number of benzene rings is 1. The topological polar surface area (TPSA) is 84.1 Å². The third kappa shape index (κ3) is 4.45. The number of thiophene rings is 1. The molecule has 1 fully saturated rings. The summed E-state index contributed by atoms with van der Waals surface area (Å²) in [6.45, 7) is 7.24. The smallest absolute Gasteiger partial charge is 0.262 e. The molecule has 0 bridgehead atoms. The van der Waals surface area contributed by atoms with E-state index in [-0.39, 0.29) is 17.5 Å². The Kier molecular flexibility index (Phi) is 6.26. The standard InChI is InChI=1S/C22H25N3O3S2/c1-12-6-7-13(2)16(9-12)29-11-17-24-20(26)18-14(3)19(30-22(18)25-17)21(27)23-15-5-4-8-28-10-15/h6-7,9,15H,4-5,8,10-11H2,1-3H3,(H,23,27)(H,24,25,26). The Morgan fingerprint density at radius 2 is 2.20 bits per heavy atom. The summed E-state index contributed by atoms with van der Waals surface area (Å²) in [7, 11) is 0. The molecule has 1 aliphatic heterocycles. The predicted octanol–water partition coefficient (Wildman–Crippen LogP) is 4.11. The van der Waals surface area contributed by atoms with E-state index in [1.165, 1.54) is 27.4 Å². The number of hydrogen-bond acceptors (Lipinski definition) is 6. The Morgan fingerprint density at radius 1 is 1.37 bits per heavy atom. The van der Waals surface area contributed by atoms with E-state index in [1.807, 2.05) is 6.92 Å². The first-order valence-corrected chi connectivity index (χ1v) is 11.8. The summed E-state index contributed by atoms with van der Waals surface area (Å²) >= 11 is 2.93. The Labute approximate surface area is 183 Å². The molecule has 3 aromatic rings. The summed E-state index contributed by atoms with van der Waals surface area (Å²) in [6.07, 6.45) is 1.85. The number of H-pyrrole nitrogens is 1. The maximum atomic E-state index is 12.8. The number of carbonyl (C=O) groups is 1. The molecule has 0 aliphatic carbocycles. The molecule has 1 atom stereocenters. The first-order chi connectivity index (χ1) is 14.4. The molecule has 4 rings (SSSR count). The molecular weight excluding hydrogens is 418 g/mol. The molecule has 158 valence electrons. The number of fused-ring (bicyclic) bond motifs is 1. The second-order valence-electron chi connectivity index (χ2n) is 7.69. The minimum atomic E-state index is -0.189. The first-order valence-electron chi connectivity index (χ1n) is 10.0. The van der Waals surface area contributed by atoms with Gasteiger partial charge in [-0.2, -0.15) is 0 Å². The second-order valence-corrected chi connectivity index (χ2v) is 9.71. The van der Waals surface area contributed by atoms with Crippen molar-refractivity contribution in [3.8, 4) is 0 Å². The van der Waals surface area contributed by atoms with Gasteiger partial charge in [0, 0.05) is 11.5 Å². The highest BCUT2D eigenvalue weighted by Crippen LogP contribution is 2.29. The van der Waals surface area contributed by atoms with Crippen LogP contribution < -0.4 is 10.9 Å². The Balaban J connectivity index is 1.56. The maximum Gasteiger partial charge on any atom is 0.262 e. The van der Waals surface area contributed by atoms with Crippen LogP contribution in [0.4, 0.5) is 0 Å². The van der Waals surface area contributed by atoms with Crippen LogP contribution in [0.25, 0.3) is 10.2 Å². The number of amides is 1. The van der Waals surface area contributed by atoms with Gasteiger partial charge >= 0.3 is 0 Å². The van der Waals surface area contributed by atoms with Crippen LogP contribution in [0.5, 0.6) is 0 Å². The zero-order valence-corrected chi connectivity index (χ0v) is 19.0. The minimum Gasteiger partial charge on any atom is -0.379 e. The van der Waals surface area contributed by atoms with E-state index in [9.17, 15) is 9.59 Å². The summed E-state index contributed by atoms with van der Waals surface area (Å²) < 4.78 is 5.44. The fourth-order valence-electron chi connectivity index (χ4n) is 3.59. The summed E-state index contributed by atoms with van der Waals surface area (Å²) in [6, 6.07) is 6.35. The molecule has 0 saturated carbocycles. The Morgan fingerprint density at radius 3 is 2.97 bits per heavy atom. The van der Waals surface area contributed by atoms with Crippen molar-refractivity contribution in [2.24, 2.45) is 0 Å². The lowest BCUT2D eigenvalue weighted by Crippen LogP contribution is -2.40. The van der Waals surface area contributed by atoms with Gasteiger partial charge in [-0.25, -0.2) is 4.98 Å². The first kappa shape index (κ1) is 21.1. The van der Waals surface area contributed by atoms with Crippen molar-refractivity contribution < 1.29 is 9.53 Å². The highest BCUT2D eigenvalue weighted by molar-refractivity contribution is 7.98. The van der Waals surface area contributed by atoms with E-state index in [2.05, 4.69) is 47.3 Å². The van der Waals surface area contributed by atoms with Crippen LogP contribution in [0.15, 0.2) is 27.9 Å². The molecule has 6 nitrogen and oxygen atoms in total. The van der Waals surface area contributed by atoms with Crippen molar-refractivity contribution >= 4 is 39.2 Å². The molecule has 0 radical (unpaired) electrons. The van der Waals surface area contributed by atoms with Crippen LogP contribution in [0.1, 0.15) is 45.0 Å². The van der Waals surface area contributed by atoms with E-state index in [0.29, 0.717) is 38.8 Å². The summed E-state index contributed by atoms with van der Waals surface area (Å²) in [5.41, 5.74) is 2.90. The summed E-state index contributed by atoms with van der Waals surface area (Å²) in [4.78, 5) is 35.4. The van der Waals surface area contributed by atoms with E-state index >= 15 is 0 Å². The molecule has 1 aromatic carbocycles. The van der Waals surface area contributed by atoms with E-state index < -0.39 is 0 Å². The lowest BCUT2D eigenvalue weighted by atomic mass is 10.1. The fraction of sp³-hybridized carbons (Fsp3) is 0.409. The SMILES string of the molecule is Cc1ccc(C)c(SCc2nc3sc(C(=O)NC4CCCOC4)c(C)c3c(=O)[nH]2)c1. The number of nitrogens with one attached hydrogen (secondary N) is 2. The molecule has 1 unspecified atom stereocenters. The fourth-order valence-corrected chi connectivity index (χ4v) is 5.69. The lowest BCUT2D eigenvalue weighted by molar-refractivity contribution is 0.0625. The zero-order valence-electron chi connectivity index (χ0n) is 17.3. The van der Waals surface area contributed by atoms with Crippen LogP contribution in [0.3, 0.4) is 0 Å². The van der Waals surface area contributed by atoms with Gasteiger partial charge in [-0.1, -0.05) is 17.7 Å². The van der Waals surface area contributed by atoms with E-state index in [4.69, 9.17) is 4.74 Å². The number of aromatic nitrogens is 2. The van der Waals surface area contributed by atoms with Crippen molar-refractivity contribution in [1.29, 1.82) is 0 Å². The van der Waals surface area contributed by atoms with Gasteiger partial charge in [0.05, 0.1) is 28.7 Å². The summed E-state index contributed by atoms with van der Waals surface area (Å²) in [5, 5.41) is 3.54. The number of ether oxygens (including phenoxy) is 1. The zero-order chi connectivity index (χ0) is 21.3. The van der Waals surface area contributed by atoms with Crippen molar-refractivity contribution in [3.05, 3.63) is 55.9 Å². The number of carbonyl (C=O) groups excluding carboxylic acids is 1. The maximum absolute atomic E-state index is 12.8. The molecule has 2 aromatic heterocycles. The van der Waals surface area contributed by atoms with Crippen LogP contribution >= 0.6 is 23.1 Å². The number of nitrogens with zero attached hydrogens (tertiary/aromatic N) is 1. The van der Waals surface area contributed by atoms with Crippen molar-refractivity contribution in [2.75, 3.05) is 13.2 Å². The second kappa shape index (κ2) is 8.91. The highest BCUT2D eigenvalue weighted by atomic mass is 32.2. The van der Waals surface area contributed by atoms with Gasteiger partial charge in [-0.05, 0) is 50.8 Å². The van der Waals surface area contributed by atoms with Gasteiger partial charge < -0.3 is 15.0 Å². The minimum absolute atomic E-state index is 0.0200. The molecule has 2 N–H and O–H groups in total. The van der Waals surface area contributed by atoms with Gasteiger partial charge in [0.2, 0.25) is 0 Å². The Hall–Kier alpha value is -2.16. The van der Waals surface area contributed by atoms with Gasteiger partial charge in [0.15, 0.2) is 0 Å². The number of aryl methyl sites for hydroxylation is 3. The summed E-state index contributed by atoms with van der Waals surface area (Å²) in [5.74, 6) is 1.02. The van der Waals surface area contributed by atoms with E-state index in [0.717, 1.165) is 19.4 Å². The third-order valence-corrected chi connectivity index (χ3v) is 7.61. The van der Waals surface area contributed by atoms with Gasteiger partial charge in [0.25, 0.3) is 11.5 Å². The number of rotatable bonds is 5. The van der Waals surface area contributed by atoms with Gasteiger partial charge in [-0.3, -0.25) is 9.59 Å². The molecule has 1 saturated heterocycles. The molecular formula is C22H25N3O3S2. The average molecular weight is 444 g/mol. The average Bonchev–Trinajstić information content (AvgIpc) is 3.06. The number of hydrogen-bond donors (Lipinski definition) is 2. The van der Waals surface area contributed by atoms with Crippen LogP contribution in [0, 0.1) is 20.8 Å². The normalized spacial score (nSPS) is 16.7. The van der Waals surface area contributed by atoms with Crippen molar-refractivity contribution in [1.82, 2.24) is 15.3 Å². The number of aromatic amines is 1. The lowest BCUT2D eigenvalue weighted by Gasteiger charge is -2.22. The van der Waals surface area contributed by atoms with E-state index in [1.54, 1.807) is 11.8 Å². The third-order valence-electron chi connectivity index (χ3n) is 5.26. The molecule has 8 heteroatoms. The van der Waals surface area contributed by atoms with Crippen LogP contribution in [-0.2, 0) is 10.5 Å². The Bertz CT molecular complexity index is 1150. The van der Waals surface area contributed by atoms with Crippen molar-refractivity contribution in [2.45, 2.75) is 50.3 Å². The van der Waals surface area contributed by atoms with Crippen molar-refractivity contribution in [3.63, 3.8) is 0 Å². The molecule has 30 heavy (non-hydrogen) atoms. The molecule has 0 spiro atoms. The molecule has 1 aliphatic rings. The van der Waals surface area contributed by atoms with Crippen LogP contribution in [-0.4, -0.2) is 35.1 Å². The quantitative estimate of drug-likeness (QED) is 0.580. The molecule has 3 heterocycles. The van der Waals surface area contributed by atoms with Gasteiger partial charge in [0.1, 0.15) is 10.7 Å². The predicted molar refractivity (Wildman–Crippen MR) is 122 cm³/mol. The molecule has 1 amide bonds.